The van der Waals surface area contributed by atoms with Gasteiger partial charge in [0, 0.05) is 31.9 Å². The van der Waals surface area contributed by atoms with Crippen molar-refractivity contribution >= 4 is 61.4 Å². The van der Waals surface area contributed by atoms with Gasteiger partial charge in [0.15, 0.2) is 11.0 Å². The van der Waals surface area contributed by atoms with Crippen LogP contribution in [0.5, 0.6) is 0 Å². The van der Waals surface area contributed by atoms with Gasteiger partial charge < -0.3 is 10.1 Å². The predicted molar refractivity (Wildman–Crippen MR) is 138 cm³/mol. The van der Waals surface area contributed by atoms with Gasteiger partial charge in [-0.15, -0.1) is 32.9 Å². The molecule has 0 spiro atoms. The van der Waals surface area contributed by atoms with E-state index in [0.717, 1.165) is 46.5 Å². The number of thiophene rings is 2. The monoisotopic (exact) mass is 512 g/mol. The Balaban J connectivity index is 1.35. The van der Waals surface area contributed by atoms with Gasteiger partial charge in [-0.1, -0.05) is 30.0 Å². The number of anilines is 1. The van der Waals surface area contributed by atoms with Gasteiger partial charge in [0.05, 0.1) is 18.4 Å². The van der Waals surface area contributed by atoms with Gasteiger partial charge in [0.1, 0.15) is 5.00 Å². The summed E-state index contributed by atoms with van der Waals surface area (Å²) in [5.74, 6) is 0.391. The van der Waals surface area contributed by atoms with E-state index in [2.05, 4.69) is 51.4 Å². The average Bonchev–Trinajstić information content (AvgIpc) is 3.59. The van der Waals surface area contributed by atoms with Crippen molar-refractivity contribution in [3.63, 3.8) is 0 Å². The molecule has 1 aliphatic rings. The molecule has 3 aromatic heterocycles. The molecule has 34 heavy (non-hydrogen) atoms. The van der Waals surface area contributed by atoms with Gasteiger partial charge in [-0.25, -0.2) is 4.79 Å². The molecule has 1 aromatic carbocycles. The van der Waals surface area contributed by atoms with Crippen molar-refractivity contribution < 1.29 is 14.3 Å². The molecule has 176 valence electrons. The molecule has 0 fully saturated rings. The van der Waals surface area contributed by atoms with Gasteiger partial charge in [-0.05, 0) is 44.7 Å². The number of methoxy groups -OCH3 is 1. The van der Waals surface area contributed by atoms with Gasteiger partial charge in [0.25, 0.3) is 0 Å². The molecule has 0 aliphatic heterocycles. The van der Waals surface area contributed by atoms with Crippen molar-refractivity contribution in [1.29, 1.82) is 0 Å². The van der Waals surface area contributed by atoms with E-state index in [-0.39, 0.29) is 17.7 Å². The summed E-state index contributed by atoms with van der Waals surface area (Å²) < 4.78 is 8.25. The zero-order chi connectivity index (χ0) is 23.8. The normalized spacial score (nSPS) is 12.9. The smallest absolute Gasteiger partial charge is 0.341 e. The zero-order valence-corrected chi connectivity index (χ0v) is 21.5. The fourth-order valence-electron chi connectivity index (χ4n) is 4.28. The number of rotatable bonds is 7. The van der Waals surface area contributed by atoms with Crippen molar-refractivity contribution in [2.75, 3.05) is 18.2 Å². The predicted octanol–water partition coefficient (Wildman–Crippen LogP) is 5.81. The van der Waals surface area contributed by atoms with Crippen molar-refractivity contribution in [3.8, 4) is 11.4 Å². The number of nitrogens with zero attached hydrogens (tertiary/aromatic N) is 3. The van der Waals surface area contributed by atoms with Crippen LogP contribution in [0.4, 0.5) is 5.00 Å². The number of benzene rings is 1. The van der Waals surface area contributed by atoms with Crippen LogP contribution in [0.2, 0.25) is 0 Å². The molecule has 0 bridgehead atoms. The highest BCUT2D eigenvalue weighted by Crippen LogP contribution is 2.40. The molecule has 1 aliphatic carbocycles. The van der Waals surface area contributed by atoms with Gasteiger partial charge >= 0.3 is 5.97 Å². The number of ether oxygens (including phenoxy) is 1. The number of carbonyl (C=O) groups is 2. The van der Waals surface area contributed by atoms with Crippen LogP contribution in [0.1, 0.15) is 47.1 Å². The molecule has 4 aromatic rings. The van der Waals surface area contributed by atoms with E-state index in [1.807, 2.05) is 12.1 Å². The van der Waals surface area contributed by atoms with E-state index < -0.39 is 5.97 Å². The summed E-state index contributed by atoms with van der Waals surface area (Å²) in [7, 11) is 1.37. The van der Waals surface area contributed by atoms with E-state index in [4.69, 9.17) is 4.74 Å². The van der Waals surface area contributed by atoms with Crippen LogP contribution in [0.3, 0.4) is 0 Å². The Morgan fingerprint density at radius 3 is 2.85 bits per heavy atom. The summed E-state index contributed by atoms with van der Waals surface area (Å²) in [4.78, 5) is 26.3. The molecule has 0 unspecified atom stereocenters. The number of fused-ring (bicyclic) bond motifs is 2. The molecule has 1 N–H and O–H groups in total. The number of carbonyl (C=O) groups excluding carboxylic acids is 2. The first-order valence-corrected chi connectivity index (χ1v) is 13.7. The van der Waals surface area contributed by atoms with Crippen LogP contribution >= 0.6 is 34.4 Å². The third kappa shape index (κ3) is 4.14. The Kier molecular flexibility index (Phi) is 6.46. The highest BCUT2D eigenvalue weighted by Gasteiger charge is 2.28. The minimum atomic E-state index is -0.394. The first-order valence-electron chi connectivity index (χ1n) is 11.0. The lowest BCUT2D eigenvalue weighted by Gasteiger charge is -2.13. The van der Waals surface area contributed by atoms with E-state index in [1.54, 1.807) is 11.3 Å². The lowest BCUT2D eigenvalue weighted by atomic mass is 10.1. The third-order valence-electron chi connectivity index (χ3n) is 5.80. The molecule has 10 heteroatoms. The van der Waals surface area contributed by atoms with Crippen molar-refractivity contribution in [2.45, 2.75) is 44.3 Å². The lowest BCUT2D eigenvalue weighted by Crippen LogP contribution is -2.17. The molecule has 5 rings (SSSR count). The second-order valence-electron chi connectivity index (χ2n) is 8.31. The third-order valence-corrected chi connectivity index (χ3v) is 8.91. The number of thioether (sulfide) groups is 1. The summed E-state index contributed by atoms with van der Waals surface area (Å²) in [6.45, 7) is 4.17. The average molecular weight is 513 g/mol. The number of amides is 1. The quantitative estimate of drug-likeness (QED) is 0.248. The first kappa shape index (κ1) is 23.1. The van der Waals surface area contributed by atoms with E-state index in [0.29, 0.717) is 15.7 Å². The Hall–Kier alpha value is -2.69. The van der Waals surface area contributed by atoms with Gasteiger partial charge in [0.2, 0.25) is 5.91 Å². The van der Waals surface area contributed by atoms with Crippen molar-refractivity contribution in [3.05, 3.63) is 45.6 Å². The Morgan fingerprint density at radius 1 is 1.24 bits per heavy atom. The summed E-state index contributed by atoms with van der Waals surface area (Å²) in [5.41, 5.74) is 2.58. The molecule has 1 amide bonds. The minimum Gasteiger partial charge on any atom is -0.465 e. The fraction of sp³-hybridized carbons (Fsp3) is 0.333. The standard InChI is InChI=1S/C24H24N4O3S3/c1-13(2)28-21(16-11-32-17-9-5-4-7-14(16)17)26-27-24(28)33-12-19(29)25-22-20(23(30)31-3)15-8-6-10-18(15)34-22/h4-5,7,9,11,13H,6,8,10,12H2,1-3H3,(H,25,29). The molecule has 3 heterocycles. The lowest BCUT2D eigenvalue weighted by molar-refractivity contribution is -0.113. The zero-order valence-electron chi connectivity index (χ0n) is 19.1. The fourth-order valence-corrected chi connectivity index (χ4v) is 7.38. The highest BCUT2D eigenvalue weighted by atomic mass is 32.2. The van der Waals surface area contributed by atoms with Crippen LogP contribution in [0, 0.1) is 0 Å². The summed E-state index contributed by atoms with van der Waals surface area (Å²) >= 11 is 4.51. The maximum atomic E-state index is 12.8. The van der Waals surface area contributed by atoms with Crippen LogP contribution in [0.25, 0.3) is 21.5 Å². The molecule has 0 atom stereocenters. The van der Waals surface area contributed by atoms with Crippen molar-refractivity contribution in [2.24, 2.45) is 0 Å². The van der Waals surface area contributed by atoms with Crippen LogP contribution in [0.15, 0.2) is 34.8 Å². The second-order valence-corrected chi connectivity index (χ2v) is 11.3. The molecular formula is C24H24N4O3S3. The number of nitrogens with one attached hydrogen (secondary N) is 1. The molecule has 0 radical (unpaired) electrons. The highest BCUT2D eigenvalue weighted by molar-refractivity contribution is 7.99. The van der Waals surface area contributed by atoms with E-state index in [1.165, 1.54) is 34.9 Å². The Bertz CT molecular complexity index is 1390. The summed E-state index contributed by atoms with van der Waals surface area (Å²) in [6, 6.07) is 8.38. The van der Waals surface area contributed by atoms with Crippen molar-refractivity contribution in [1.82, 2.24) is 14.8 Å². The van der Waals surface area contributed by atoms with Gasteiger partial charge in [-0.2, -0.15) is 0 Å². The van der Waals surface area contributed by atoms with Crippen LogP contribution in [-0.2, 0) is 22.4 Å². The Labute approximate surface area is 209 Å². The first-order chi connectivity index (χ1) is 16.5. The van der Waals surface area contributed by atoms with E-state index in [9.17, 15) is 9.59 Å². The number of hydrogen-bond acceptors (Lipinski definition) is 8. The van der Waals surface area contributed by atoms with E-state index >= 15 is 0 Å². The number of esters is 1. The molecular weight excluding hydrogens is 488 g/mol. The Morgan fingerprint density at radius 2 is 2.06 bits per heavy atom. The topological polar surface area (TPSA) is 86.1 Å². The van der Waals surface area contributed by atoms with Gasteiger partial charge in [-0.3, -0.25) is 9.36 Å². The van der Waals surface area contributed by atoms with Crippen LogP contribution < -0.4 is 5.32 Å². The number of aryl methyl sites for hydroxylation is 1. The number of hydrogen-bond donors (Lipinski definition) is 1. The van der Waals surface area contributed by atoms with Crippen LogP contribution in [-0.4, -0.2) is 39.5 Å². The maximum Gasteiger partial charge on any atom is 0.341 e. The summed E-state index contributed by atoms with van der Waals surface area (Å²) in [5, 5.41) is 16.4. The minimum absolute atomic E-state index is 0.125. The summed E-state index contributed by atoms with van der Waals surface area (Å²) in [6.07, 6.45) is 2.81. The molecule has 7 nitrogen and oxygen atoms in total. The molecule has 0 saturated heterocycles. The largest absolute Gasteiger partial charge is 0.465 e. The maximum absolute atomic E-state index is 12.8. The second kappa shape index (κ2) is 9.52. The molecule has 0 saturated carbocycles. The SMILES string of the molecule is COC(=O)c1c(NC(=O)CSc2nnc(-c3csc4ccccc34)n2C(C)C)sc2c1CCC2. The number of aromatic nitrogens is 3.